The monoisotopic (exact) mass is 782 g/mol. The number of likely N-dealkylation sites (N-methyl/N-ethyl adjacent to an activating group) is 2. The van der Waals surface area contributed by atoms with Gasteiger partial charge in [0.25, 0.3) is 0 Å². The van der Waals surface area contributed by atoms with E-state index < -0.39 is 42.4 Å². The van der Waals surface area contributed by atoms with E-state index in [4.69, 9.17) is 15.2 Å². The first-order chi connectivity index (χ1) is 26.6. The molecule has 6 unspecified atom stereocenters. The smallest absolute Gasteiger partial charge is 0.242 e. The van der Waals surface area contributed by atoms with Crippen LogP contribution in [0.15, 0.2) is 48.7 Å². The van der Waals surface area contributed by atoms with Gasteiger partial charge in [-0.1, -0.05) is 71.4 Å². The summed E-state index contributed by atoms with van der Waals surface area (Å²) in [5, 5.41) is 16.6. The number of rotatable bonds is 21. The molecule has 1 aromatic heterocycles. The molecule has 5 N–H and O–H groups in total. The average Bonchev–Trinajstić information content (AvgIpc) is 3.66. The predicted octanol–water partition coefficient (Wildman–Crippen LogP) is 3.40. The van der Waals surface area contributed by atoms with Crippen LogP contribution in [0.25, 0.3) is 0 Å². The van der Waals surface area contributed by atoms with Crippen LogP contribution in [-0.4, -0.2) is 126 Å². The lowest BCUT2D eigenvalue weighted by Gasteiger charge is -2.39. The Morgan fingerprint density at radius 3 is 2.29 bits per heavy atom. The summed E-state index contributed by atoms with van der Waals surface area (Å²) < 4.78 is 11.9. The highest BCUT2D eigenvalue weighted by Gasteiger charge is 2.42. The van der Waals surface area contributed by atoms with Gasteiger partial charge >= 0.3 is 0 Å². The van der Waals surface area contributed by atoms with Crippen LogP contribution < -0.4 is 16.4 Å². The second-order valence-corrected chi connectivity index (χ2v) is 15.7. The molecule has 0 radical (unpaired) electrons. The second-order valence-electron chi connectivity index (χ2n) is 15.7. The molecule has 1 aliphatic heterocycles. The topological polar surface area (TPSA) is 180 Å². The van der Waals surface area contributed by atoms with Crippen molar-refractivity contribution in [2.75, 3.05) is 47.1 Å². The number of nitrogens with two attached hydrogens (primary N) is 1. The Hall–Kier alpha value is -4.11. The van der Waals surface area contributed by atoms with Crippen molar-refractivity contribution in [3.8, 4) is 0 Å². The second kappa shape index (κ2) is 22.0. The van der Waals surface area contributed by atoms with Crippen LogP contribution in [0.2, 0.25) is 0 Å². The van der Waals surface area contributed by atoms with Crippen molar-refractivity contribution in [3.63, 3.8) is 0 Å². The lowest BCUT2D eigenvalue weighted by Crippen LogP contribution is -2.55. The Kier molecular flexibility index (Phi) is 18.2. The van der Waals surface area contributed by atoms with Crippen LogP contribution in [0.4, 0.5) is 5.82 Å². The fraction of sp³-hybridized carbons (Fsp3) is 0.643. The molecular weight excluding hydrogens is 715 g/mol. The molecule has 14 heteroatoms. The molecular formula is C42H67N7O7. The number of pyridine rings is 1. The normalized spacial score (nSPS) is 18.7. The lowest BCUT2D eigenvalue weighted by atomic mass is 9.90. The number of ether oxygens (including phenoxy) is 2. The standard InChI is InChI=1S/C42H67N7O7/c1-11-27(4)38(48(8)36(51)24-45-42(54)37(26(2)3)47(7)25-30-19-20-44-34(43)22-30)33(55-9)23-35(50)49-21-15-18-32(49)40(56-10)28(5)41(53)46-29(6)39(52)31-16-13-12-14-17-31/h12-14,16-17,19-20,22,26-29,32-33,37-40,52H,11,15,18,21,23-25H2,1-10H3,(H2,43,44)(H,45,54)(H,46,53)/t27?,28?,29-,32+,33?,37?,38?,39?,40-/m1/s1. The van der Waals surface area contributed by atoms with Gasteiger partial charge in [-0.05, 0) is 61.9 Å². The Morgan fingerprint density at radius 2 is 1.70 bits per heavy atom. The number of nitrogens with zero attached hydrogens (tertiary/aromatic N) is 4. The van der Waals surface area contributed by atoms with Crippen molar-refractivity contribution in [1.29, 1.82) is 0 Å². The van der Waals surface area contributed by atoms with Crippen molar-refractivity contribution >= 4 is 29.4 Å². The molecule has 9 atom stereocenters. The van der Waals surface area contributed by atoms with E-state index in [0.717, 1.165) is 18.4 Å². The number of aromatic nitrogens is 1. The average molecular weight is 782 g/mol. The van der Waals surface area contributed by atoms with Gasteiger partial charge in [-0.15, -0.1) is 0 Å². The number of nitrogens with one attached hydrogen (secondary N) is 2. The zero-order valence-corrected chi connectivity index (χ0v) is 35.1. The van der Waals surface area contributed by atoms with E-state index in [1.165, 1.54) is 0 Å². The molecule has 2 heterocycles. The molecule has 0 spiro atoms. The number of hydrogen-bond donors (Lipinski definition) is 4. The highest BCUT2D eigenvalue weighted by atomic mass is 16.5. The van der Waals surface area contributed by atoms with E-state index >= 15 is 0 Å². The first-order valence-electron chi connectivity index (χ1n) is 19.9. The maximum Gasteiger partial charge on any atom is 0.242 e. The van der Waals surface area contributed by atoms with E-state index in [1.54, 1.807) is 57.2 Å². The number of amides is 4. The molecule has 4 amide bonds. The molecule has 2 aromatic rings. The van der Waals surface area contributed by atoms with Crippen LogP contribution >= 0.6 is 0 Å². The minimum absolute atomic E-state index is 0.0169. The maximum absolute atomic E-state index is 14.1. The molecule has 1 aromatic carbocycles. The lowest BCUT2D eigenvalue weighted by molar-refractivity contribution is -0.146. The number of benzene rings is 1. The predicted molar refractivity (Wildman–Crippen MR) is 217 cm³/mol. The molecule has 0 saturated carbocycles. The zero-order valence-electron chi connectivity index (χ0n) is 35.1. The van der Waals surface area contributed by atoms with Crippen LogP contribution in [0.1, 0.15) is 84.5 Å². The van der Waals surface area contributed by atoms with Gasteiger partial charge in [-0.2, -0.15) is 0 Å². The van der Waals surface area contributed by atoms with Crippen LogP contribution in [0.3, 0.4) is 0 Å². The van der Waals surface area contributed by atoms with Gasteiger partial charge in [0.15, 0.2) is 0 Å². The molecule has 312 valence electrons. The summed E-state index contributed by atoms with van der Waals surface area (Å²) in [6, 6.07) is 10.9. The maximum atomic E-state index is 14.1. The van der Waals surface area contributed by atoms with E-state index in [1.807, 2.05) is 76.0 Å². The first kappa shape index (κ1) is 46.3. The molecule has 1 aliphatic rings. The fourth-order valence-electron chi connectivity index (χ4n) is 8.08. The summed E-state index contributed by atoms with van der Waals surface area (Å²) in [6.07, 6.45) is 1.69. The van der Waals surface area contributed by atoms with E-state index in [9.17, 15) is 24.3 Å². The number of aliphatic hydroxyl groups is 1. The summed E-state index contributed by atoms with van der Waals surface area (Å²) in [5.41, 5.74) is 7.49. The molecule has 14 nitrogen and oxygen atoms in total. The molecule has 3 rings (SSSR count). The molecule has 1 fully saturated rings. The molecule has 56 heavy (non-hydrogen) atoms. The van der Waals surface area contributed by atoms with E-state index in [2.05, 4.69) is 15.6 Å². The minimum Gasteiger partial charge on any atom is -0.386 e. The van der Waals surface area contributed by atoms with Crippen molar-refractivity contribution in [2.45, 2.75) is 116 Å². The quantitative estimate of drug-likeness (QED) is 0.147. The van der Waals surface area contributed by atoms with Gasteiger partial charge in [0, 0.05) is 40.6 Å². The number of likely N-dealkylation sites (tertiary alicyclic amines) is 1. The van der Waals surface area contributed by atoms with Crippen molar-refractivity contribution in [3.05, 3.63) is 59.8 Å². The van der Waals surface area contributed by atoms with Gasteiger partial charge in [0.05, 0.1) is 61.4 Å². The SMILES string of the molecule is CCC(C)C(C(CC(=O)N1CCC[C@H]1[C@H](OC)C(C)C(=O)N[C@H](C)C(O)c1ccccc1)OC)N(C)C(=O)CNC(=O)C(C(C)C)N(C)Cc1ccnc(N)c1. The third-order valence-electron chi connectivity index (χ3n) is 11.4. The number of methoxy groups -OCH3 is 2. The highest BCUT2D eigenvalue weighted by Crippen LogP contribution is 2.30. The van der Waals surface area contributed by atoms with Gasteiger partial charge in [0.2, 0.25) is 23.6 Å². The third kappa shape index (κ3) is 12.2. The van der Waals surface area contributed by atoms with Gasteiger partial charge in [0.1, 0.15) is 5.82 Å². The zero-order chi connectivity index (χ0) is 41.7. The van der Waals surface area contributed by atoms with E-state index in [-0.39, 0.29) is 54.5 Å². The number of aliphatic hydroxyl groups excluding tert-OH is 1. The summed E-state index contributed by atoms with van der Waals surface area (Å²) in [6.45, 7) is 12.3. The van der Waals surface area contributed by atoms with Crippen LogP contribution in [-0.2, 0) is 35.2 Å². The number of anilines is 1. The molecule has 1 saturated heterocycles. The van der Waals surface area contributed by atoms with E-state index in [0.29, 0.717) is 30.9 Å². The van der Waals surface area contributed by atoms with Gasteiger partial charge in [-0.25, -0.2) is 4.98 Å². The largest absolute Gasteiger partial charge is 0.386 e. The number of hydrogen-bond acceptors (Lipinski definition) is 10. The Balaban J connectivity index is 1.67. The van der Waals surface area contributed by atoms with Gasteiger partial charge in [-0.3, -0.25) is 24.1 Å². The number of carbonyl (C=O) groups is 4. The van der Waals surface area contributed by atoms with Crippen LogP contribution in [0, 0.1) is 17.8 Å². The highest BCUT2D eigenvalue weighted by molar-refractivity contribution is 5.88. The van der Waals surface area contributed by atoms with Crippen molar-refractivity contribution in [2.24, 2.45) is 17.8 Å². The Bertz CT molecular complexity index is 1560. The summed E-state index contributed by atoms with van der Waals surface area (Å²) in [5.74, 6) is -1.26. The number of carbonyl (C=O) groups excluding carboxylic acids is 4. The fourth-order valence-corrected chi connectivity index (χ4v) is 8.08. The van der Waals surface area contributed by atoms with Gasteiger partial charge < -0.3 is 40.7 Å². The van der Waals surface area contributed by atoms with Crippen LogP contribution in [0.5, 0.6) is 0 Å². The van der Waals surface area contributed by atoms with Crippen molar-refractivity contribution in [1.82, 2.24) is 30.3 Å². The summed E-state index contributed by atoms with van der Waals surface area (Å²) in [7, 11) is 6.65. The summed E-state index contributed by atoms with van der Waals surface area (Å²) in [4.78, 5) is 64.2. The summed E-state index contributed by atoms with van der Waals surface area (Å²) >= 11 is 0. The van der Waals surface area contributed by atoms with Crippen molar-refractivity contribution < 1.29 is 33.8 Å². The Labute approximate surface area is 333 Å². The number of nitrogen functional groups attached to an aromatic ring is 1. The first-order valence-corrected chi connectivity index (χ1v) is 19.9. The molecule has 0 aliphatic carbocycles. The molecule has 0 bridgehead atoms. The minimum atomic E-state index is -0.883. The third-order valence-corrected chi connectivity index (χ3v) is 11.4. The Morgan fingerprint density at radius 1 is 1.02 bits per heavy atom.